The maximum atomic E-state index is 13.2. The van der Waals surface area contributed by atoms with Crippen molar-refractivity contribution in [3.8, 4) is 0 Å². The van der Waals surface area contributed by atoms with E-state index < -0.39 is 23.7 Å². The summed E-state index contributed by atoms with van der Waals surface area (Å²) in [5.74, 6) is -2.11. The van der Waals surface area contributed by atoms with Crippen molar-refractivity contribution in [2.75, 3.05) is 0 Å². The molecule has 6 heteroatoms. The summed E-state index contributed by atoms with van der Waals surface area (Å²) in [5.41, 5.74) is 0.849. The minimum Gasteiger partial charge on any atom is -0.480 e. The van der Waals surface area contributed by atoms with Crippen LogP contribution in [0.15, 0.2) is 53.0 Å². The first-order valence-electron chi connectivity index (χ1n) is 6.49. The first kappa shape index (κ1) is 16.2. The summed E-state index contributed by atoms with van der Waals surface area (Å²) < 4.78 is 13.9. The topological polar surface area (TPSA) is 66.4 Å². The second kappa shape index (κ2) is 7.17. The number of benzene rings is 2. The highest BCUT2D eigenvalue weighted by atomic mass is 79.9. The van der Waals surface area contributed by atoms with Crippen LogP contribution in [-0.4, -0.2) is 23.0 Å². The molecular weight excluding hydrogens is 353 g/mol. The molecular formula is C16H13BrFNO3. The number of carboxylic acid groups (broad SMARTS) is 1. The predicted molar refractivity (Wildman–Crippen MR) is 83.1 cm³/mol. The van der Waals surface area contributed by atoms with Gasteiger partial charge in [0.1, 0.15) is 11.9 Å². The molecule has 0 aliphatic heterocycles. The number of halogens is 2. The van der Waals surface area contributed by atoms with Gasteiger partial charge in [0.05, 0.1) is 0 Å². The predicted octanol–water partition coefficient (Wildman–Crippen LogP) is 3.01. The van der Waals surface area contributed by atoms with Gasteiger partial charge in [0.25, 0.3) is 5.91 Å². The molecule has 0 aliphatic carbocycles. The minimum absolute atomic E-state index is 0.00678. The van der Waals surface area contributed by atoms with Crippen LogP contribution in [0.1, 0.15) is 15.9 Å². The van der Waals surface area contributed by atoms with E-state index >= 15 is 0 Å². The summed E-state index contributed by atoms with van der Waals surface area (Å²) in [4.78, 5) is 23.4. The molecule has 4 nitrogen and oxygen atoms in total. The van der Waals surface area contributed by atoms with Crippen LogP contribution in [0.3, 0.4) is 0 Å². The summed E-state index contributed by atoms with van der Waals surface area (Å²) in [6, 6.07) is 11.1. The Kier molecular flexibility index (Phi) is 5.27. The number of rotatable bonds is 5. The molecule has 0 radical (unpaired) electrons. The van der Waals surface area contributed by atoms with Gasteiger partial charge in [-0.15, -0.1) is 0 Å². The van der Waals surface area contributed by atoms with Crippen molar-refractivity contribution in [3.63, 3.8) is 0 Å². The highest BCUT2D eigenvalue weighted by Gasteiger charge is 2.21. The molecule has 114 valence electrons. The fourth-order valence-corrected chi connectivity index (χ4v) is 2.37. The molecule has 0 saturated carbocycles. The monoisotopic (exact) mass is 365 g/mol. The molecule has 22 heavy (non-hydrogen) atoms. The third-order valence-electron chi connectivity index (χ3n) is 3.02. The van der Waals surface area contributed by atoms with E-state index in [2.05, 4.69) is 21.2 Å². The number of hydrogen-bond acceptors (Lipinski definition) is 2. The molecule has 2 aromatic carbocycles. The summed E-state index contributed by atoms with van der Waals surface area (Å²) in [6.45, 7) is 0. The zero-order valence-corrected chi connectivity index (χ0v) is 13.0. The normalized spacial score (nSPS) is 11.7. The van der Waals surface area contributed by atoms with Gasteiger partial charge in [-0.2, -0.15) is 0 Å². The molecule has 2 rings (SSSR count). The summed E-state index contributed by atoms with van der Waals surface area (Å²) in [7, 11) is 0. The van der Waals surface area contributed by atoms with E-state index in [4.69, 9.17) is 0 Å². The third-order valence-corrected chi connectivity index (χ3v) is 3.51. The van der Waals surface area contributed by atoms with Crippen molar-refractivity contribution >= 4 is 27.8 Å². The van der Waals surface area contributed by atoms with Gasteiger partial charge in [-0.3, -0.25) is 4.79 Å². The molecule has 2 aromatic rings. The van der Waals surface area contributed by atoms with Crippen LogP contribution in [0.25, 0.3) is 0 Å². The summed E-state index contributed by atoms with van der Waals surface area (Å²) in [5, 5.41) is 11.7. The van der Waals surface area contributed by atoms with E-state index in [9.17, 15) is 19.1 Å². The Morgan fingerprint density at radius 2 is 1.91 bits per heavy atom. The van der Waals surface area contributed by atoms with E-state index in [1.165, 1.54) is 18.2 Å². The van der Waals surface area contributed by atoms with E-state index in [1.54, 1.807) is 30.3 Å². The largest absolute Gasteiger partial charge is 0.480 e. The van der Waals surface area contributed by atoms with Crippen molar-refractivity contribution in [1.29, 1.82) is 0 Å². The van der Waals surface area contributed by atoms with Crippen molar-refractivity contribution in [2.24, 2.45) is 0 Å². The second-order valence-corrected chi connectivity index (χ2v) is 5.62. The Morgan fingerprint density at radius 3 is 2.55 bits per heavy atom. The lowest BCUT2D eigenvalue weighted by atomic mass is 10.1. The summed E-state index contributed by atoms with van der Waals surface area (Å²) in [6.07, 6.45) is 0.00678. The molecule has 0 bridgehead atoms. The molecule has 0 aliphatic rings. The Morgan fingerprint density at radius 1 is 1.18 bits per heavy atom. The molecule has 1 amide bonds. The Hall–Kier alpha value is -2.21. The van der Waals surface area contributed by atoms with Gasteiger partial charge in [0.2, 0.25) is 0 Å². The Bertz CT molecular complexity index is 705. The molecule has 2 N–H and O–H groups in total. The second-order valence-electron chi connectivity index (χ2n) is 4.71. The van der Waals surface area contributed by atoms with Gasteiger partial charge >= 0.3 is 5.97 Å². The maximum absolute atomic E-state index is 13.2. The molecule has 0 spiro atoms. The van der Waals surface area contributed by atoms with Gasteiger partial charge in [-0.25, -0.2) is 9.18 Å². The Labute approximate surface area is 135 Å². The quantitative estimate of drug-likeness (QED) is 0.855. The first-order valence-corrected chi connectivity index (χ1v) is 7.28. The van der Waals surface area contributed by atoms with Crippen molar-refractivity contribution in [2.45, 2.75) is 12.5 Å². The van der Waals surface area contributed by atoms with Crippen molar-refractivity contribution < 1.29 is 19.1 Å². The molecule has 1 atom stereocenters. The van der Waals surface area contributed by atoms with Gasteiger partial charge in [0, 0.05) is 16.5 Å². The molecule has 0 unspecified atom stereocenters. The average Bonchev–Trinajstić information content (AvgIpc) is 2.46. The highest BCUT2D eigenvalue weighted by Crippen LogP contribution is 2.12. The van der Waals surface area contributed by atoms with E-state index in [1.807, 2.05) is 0 Å². The van der Waals surface area contributed by atoms with Gasteiger partial charge in [0.15, 0.2) is 0 Å². The zero-order chi connectivity index (χ0) is 16.1. The Balaban J connectivity index is 2.12. The van der Waals surface area contributed by atoms with E-state index in [0.717, 1.165) is 4.47 Å². The van der Waals surface area contributed by atoms with Crippen LogP contribution in [-0.2, 0) is 11.2 Å². The lowest BCUT2D eigenvalue weighted by Crippen LogP contribution is -2.42. The van der Waals surface area contributed by atoms with Gasteiger partial charge in [-0.05, 0) is 35.9 Å². The number of carboxylic acids is 1. The smallest absolute Gasteiger partial charge is 0.326 e. The fraction of sp³-hybridized carbons (Fsp3) is 0.125. The molecule has 0 saturated heterocycles. The first-order chi connectivity index (χ1) is 10.5. The van der Waals surface area contributed by atoms with Crippen LogP contribution in [0.2, 0.25) is 0 Å². The molecule has 0 fully saturated rings. The van der Waals surface area contributed by atoms with E-state index in [-0.39, 0.29) is 6.42 Å². The molecule has 0 heterocycles. The van der Waals surface area contributed by atoms with Gasteiger partial charge in [-0.1, -0.05) is 34.1 Å². The SMILES string of the molecule is O=C(N[C@@H](Cc1cccc(F)c1)C(=O)O)c1cccc(Br)c1. The highest BCUT2D eigenvalue weighted by molar-refractivity contribution is 9.10. The van der Waals surface area contributed by atoms with Gasteiger partial charge < -0.3 is 10.4 Å². The number of aliphatic carboxylic acids is 1. The summed E-state index contributed by atoms with van der Waals surface area (Å²) >= 11 is 3.25. The van der Waals surface area contributed by atoms with Crippen LogP contribution < -0.4 is 5.32 Å². The van der Waals surface area contributed by atoms with Crippen LogP contribution >= 0.6 is 15.9 Å². The number of nitrogens with one attached hydrogen (secondary N) is 1. The number of carbonyl (C=O) groups excluding carboxylic acids is 1. The number of hydrogen-bond donors (Lipinski definition) is 2. The van der Waals surface area contributed by atoms with Crippen molar-refractivity contribution in [3.05, 3.63) is 69.9 Å². The standard InChI is InChI=1S/C16H13BrFNO3/c17-12-5-2-4-11(9-12)15(20)19-14(16(21)22)8-10-3-1-6-13(18)7-10/h1-7,9,14H,8H2,(H,19,20)(H,21,22)/t14-/m0/s1. The number of carbonyl (C=O) groups is 2. The van der Waals surface area contributed by atoms with Crippen molar-refractivity contribution in [1.82, 2.24) is 5.32 Å². The van der Waals surface area contributed by atoms with Crippen LogP contribution in [0.5, 0.6) is 0 Å². The third kappa shape index (κ3) is 4.39. The minimum atomic E-state index is -1.17. The molecule has 0 aromatic heterocycles. The maximum Gasteiger partial charge on any atom is 0.326 e. The lowest BCUT2D eigenvalue weighted by Gasteiger charge is -2.15. The van der Waals surface area contributed by atoms with Crippen LogP contribution in [0, 0.1) is 5.82 Å². The lowest BCUT2D eigenvalue weighted by molar-refractivity contribution is -0.139. The fourth-order valence-electron chi connectivity index (χ4n) is 1.97. The number of amides is 1. The van der Waals surface area contributed by atoms with E-state index in [0.29, 0.717) is 11.1 Å². The van der Waals surface area contributed by atoms with Crippen LogP contribution in [0.4, 0.5) is 4.39 Å². The zero-order valence-electron chi connectivity index (χ0n) is 11.4. The average molecular weight is 366 g/mol.